The van der Waals surface area contributed by atoms with E-state index in [1.807, 2.05) is 26.1 Å². The molecule has 1 aliphatic rings. The highest BCUT2D eigenvalue weighted by Crippen LogP contribution is 2.13. The van der Waals surface area contributed by atoms with Crippen LogP contribution in [0.25, 0.3) is 0 Å². The number of nitrogens with zero attached hydrogens (tertiary/aromatic N) is 3. The van der Waals surface area contributed by atoms with Gasteiger partial charge < -0.3 is 4.74 Å². The molecule has 1 aromatic heterocycles. The molecule has 0 unspecified atom stereocenters. The molecule has 2 heterocycles. The van der Waals surface area contributed by atoms with Crippen molar-refractivity contribution in [3.05, 3.63) is 18.5 Å². The van der Waals surface area contributed by atoms with Crippen LogP contribution in [0.3, 0.4) is 0 Å². The molecule has 20 heavy (non-hydrogen) atoms. The van der Waals surface area contributed by atoms with Crippen LogP contribution in [0.4, 0.5) is 0 Å². The number of aryl methyl sites for hydroxylation is 1. The molecule has 0 bridgehead atoms. The number of morpholine rings is 1. The van der Waals surface area contributed by atoms with Crippen LogP contribution in [0.2, 0.25) is 0 Å². The second-order valence-electron chi connectivity index (χ2n) is 5.10. The molecule has 1 fully saturated rings. The Labute approximate surface area is 120 Å². The van der Waals surface area contributed by atoms with Gasteiger partial charge in [-0.3, -0.25) is 4.68 Å². The number of hydrogen-bond donors (Lipinski definition) is 1. The van der Waals surface area contributed by atoms with Crippen LogP contribution in [-0.2, 0) is 21.5 Å². The lowest BCUT2D eigenvalue weighted by Gasteiger charge is -2.34. The SMILES string of the molecule is C[C@@H]1CN(S(=O)(=O)NCCCn2cccn2)C[C@@H](C)O1. The first-order chi connectivity index (χ1) is 9.47. The van der Waals surface area contributed by atoms with E-state index in [1.54, 1.807) is 10.9 Å². The molecular weight excluding hydrogens is 280 g/mol. The molecule has 0 spiro atoms. The average Bonchev–Trinajstić information content (AvgIpc) is 2.86. The third kappa shape index (κ3) is 4.27. The Kier molecular flexibility index (Phi) is 5.14. The molecule has 8 heteroatoms. The number of aromatic nitrogens is 2. The highest BCUT2D eigenvalue weighted by Gasteiger charge is 2.30. The monoisotopic (exact) mass is 302 g/mol. The molecule has 0 radical (unpaired) electrons. The van der Waals surface area contributed by atoms with Gasteiger partial charge in [0.25, 0.3) is 10.2 Å². The first-order valence-corrected chi connectivity index (χ1v) is 8.29. The van der Waals surface area contributed by atoms with Crippen LogP contribution in [0.15, 0.2) is 18.5 Å². The highest BCUT2D eigenvalue weighted by atomic mass is 32.2. The summed E-state index contributed by atoms with van der Waals surface area (Å²) in [6, 6.07) is 1.85. The fourth-order valence-electron chi connectivity index (χ4n) is 2.29. The second-order valence-corrected chi connectivity index (χ2v) is 6.85. The smallest absolute Gasteiger partial charge is 0.279 e. The van der Waals surface area contributed by atoms with Gasteiger partial charge in [0.15, 0.2) is 0 Å². The van der Waals surface area contributed by atoms with E-state index < -0.39 is 10.2 Å². The zero-order chi connectivity index (χ0) is 14.6. The Balaban J connectivity index is 1.78. The number of ether oxygens (including phenoxy) is 1. The van der Waals surface area contributed by atoms with Crippen LogP contribution < -0.4 is 4.72 Å². The Morgan fingerprint density at radius 3 is 2.65 bits per heavy atom. The molecule has 0 aromatic carbocycles. The van der Waals surface area contributed by atoms with Crippen molar-refractivity contribution in [3.63, 3.8) is 0 Å². The number of hydrogen-bond acceptors (Lipinski definition) is 4. The molecule has 0 saturated carbocycles. The Morgan fingerprint density at radius 1 is 1.35 bits per heavy atom. The first-order valence-electron chi connectivity index (χ1n) is 6.85. The van der Waals surface area contributed by atoms with Gasteiger partial charge in [-0.25, -0.2) is 4.72 Å². The molecule has 0 amide bonds. The Bertz CT molecular complexity index is 493. The summed E-state index contributed by atoms with van der Waals surface area (Å²) in [5.74, 6) is 0. The third-order valence-corrected chi connectivity index (χ3v) is 4.68. The summed E-state index contributed by atoms with van der Waals surface area (Å²) in [6.45, 7) is 5.68. The van der Waals surface area contributed by atoms with Crippen molar-refractivity contribution in [2.24, 2.45) is 0 Å². The number of nitrogens with one attached hydrogen (secondary N) is 1. The standard InChI is InChI=1S/C12H22N4O3S/c1-11-9-16(10-12(2)19-11)20(17,18)14-6-4-8-15-7-3-5-13-15/h3,5,7,11-12,14H,4,6,8-10H2,1-2H3/t11-,12-/m1/s1. The van der Waals surface area contributed by atoms with Gasteiger partial charge >= 0.3 is 0 Å². The van der Waals surface area contributed by atoms with Crippen LogP contribution >= 0.6 is 0 Å². The van der Waals surface area contributed by atoms with E-state index in [1.165, 1.54) is 4.31 Å². The maximum atomic E-state index is 12.2. The van der Waals surface area contributed by atoms with Gasteiger partial charge in [0, 0.05) is 38.6 Å². The van der Waals surface area contributed by atoms with Gasteiger partial charge in [-0.1, -0.05) is 0 Å². The third-order valence-electron chi connectivity index (χ3n) is 3.13. The van der Waals surface area contributed by atoms with Gasteiger partial charge in [0.1, 0.15) is 0 Å². The minimum absolute atomic E-state index is 0.0700. The lowest BCUT2D eigenvalue weighted by Crippen LogP contribution is -2.52. The summed E-state index contributed by atoms with van der Waals surface area (Å²) < 4.78 is 35.8. The lowest BCUT2D eigenvalue weighted by molar-refractivity contribution is -0.0443. The molecule has 7 nitrogen and oxygen atoms in total. The van der Waals surface area contributed by atoms with Crippen molar-refractivity contribution >= 4 is 10.2 Å². The minimum atomic E-state index is -3.42. The average molecular weight is 302 g/mol. The van der Waals surface area contributed by atoms with Crippen molar-refractivity contribution < 1.29 is 13.2 Å². The van der Waals surface area contributed by atoms with Crippen molar-refractivity contribution in [3.8, 4) is 0 Å². The van der Waals surface area contributed by atoms with Crippen molar-refractivity contribution in [2.75, 3.05) is 19.6 Å². The van der Waals surface area contributed by atoms with Crippen LogP contribution in [0, 0.1) is 0 Å². The second kappa shape index (κ2) is 6.66. The van der Waals surface area contributed by atoms with E-state index in [2.05, 4.69) is 9.82 Å². The molecule has 1 aromatic rings. The maximum Gasteiger partial charge on any atom is 0.279 e. The van der Waals surface area contributed by atoms with Crippen molar-refractivity contribution in [2.45, 2.75) is 39.0 Å². The molecule has 1 aliphatic heterocycles. The van der Waals surface area contributed by atoms with E-state index >= 15 is 0 Å². The normalized spacial score (nSPS) is 24.9. The minimum Gasteiger partial charge on any atom is -0.373 e. The van der Waals surface area contributed by atoms with Crippen molar-refractivity contribution in [1.82, 2.24) is 18.8 Å². The van der Waals surface area contributed by atoms with Gasteiger partial charge in [0.2, 0.25) is 0 Å². The zero-order valence-electron chi connectivity index (χ0n) is 11.9. The molecule has 1 N–H and O–H groups in total. The quantitative estimate of drug-likeness (QED) is 0.763. The van der Waals surface area contributed by atoms with E-state index in [0.29, 0.717) is 32.6 Å². The highest BCUT2D eigenvalue weighted by molar-refractivity contribution is 7.87. The topological polar surface area (TPSA) is 76.5 Å². The molecule has 2 atom stereocenters. The largest absolute Gasteiger partial charge is 0.373 e. The zero-order valence-corrected chi connectivity index (χ0v) is 12.7. The van der Waals surface area contributed by atoms with E-state index in [9.17, 15) is 8.42 Å². The molecule has 114 valence electrons. The van der Waals surface area contributed by atoms with E-state index in [-0.39, 0.29) is 12.2 Å². The van der Waals surface area contributed by atoms with Crippen LogP contribution in [-0.4, -0.2) is 54.3 Å². The summed E-state index contributed by atoms with van der Waals surface area (Å²) in [5, 5.41) is 4.07. The van der Waals surface area contributed by atoms with Gasteiger partial charge in [-0.15, -0.1) is 0 Å². The van der Waals surface area contributed by atoms with Crippen molar-refractivity contribution in [1.29, 1.82) is 0 Å². The van der Waals surface area contributed by atoms with E-state index in [4.69, 9.17) is 4.74 Å². The summed E-state index contributed by atoms with van der Waals surface area (Å²) in [5.41, 5.74) is 0. The van der Waals surface area contributed by atoms with Gasteiger partial charge in [-0.2, -0.15) is 17.8 Å². The molecule has 2 rings (SSSR count). The summed E-state index contributed by atoms with van der Waals surface area (Å²) in [6.07, 6.45) is 4.13. The number of rotatable bonds is 6. The maximum absolute atomic E-state index is 12.2. The molecule has 0 aliphatic carbocycles. The first kappa shape index (κ1) is 15.4. The van der Waals surface area contributed by atoms with Crippen LogP contribution in [0.5, 0.6) is 0 Å². The summed E-state index contributed by atoms with van der Waals surface area (Å²) in [4.78, 5) is 0. The van der Waals surface area contributed by atoms with Gasteiger partial charge in [-0.05, 0) is 26.3 Å². The summed E-state index contributed by atoms with van der Waals surface area (Å²) >= 11 is 0. The van der Waals surface area contributed by atoms with Crippen LogP contribution in [0.1, 0.15) is 20.3 Å². The van der Waals surface area contributed by atoms with E-state index in [0.717, 1.165) is 0 Å². The fourth-order valence-corrected chi connectivity index (χ4v) is 3.69. The Hall–Kier alpha value is -0.960. The summed E-state index contributed by atoms with van der Waals surface area (Å²) in [7, 11) is -3.42. The molecular formula is C12H22N4O3S. The fraction of sp³-hybridized carbons (Fsp3) is 0.750. The lowest BCUT2D eigenvalue weighted by atomic mass is 10.3. The van der Waals surface area contributed by atoms with Gasteiger partial charge in [0.05, 0.1) is 12.2 Å². The Morgan fingerprint density at radius 2 is 2.05 bits per heavy atom. The predicted molar refractivity (Wildman–Crippen MR) is 75.3 cm³/mol. The molecule has 1 saturated heterocycles. The predicted octanol–water partition coefficient (Wildman–Crippen LogP) is 0.217.